The molecule has 4 nitrogen and oxygen atoms in total. The fourth-order valence-electron chi connectivity index (χ4n) is 1.78. The maximum absolute atomic E-state index is 12.1. The Bertz CT molecular complexity index is 524. The molecular weight excluding hydrogens is 280 g/mol. The summed E-state index contributed by atoms with van der Waals surface area (Å²) >= 11 is 7.25. The van der Waals surface area contributed by atoms with Gasteiger partial charge in [-0.1, -0.05) is 13.8 Å². The van der Waals surface area contributed by atoms with E-state index in [2.05, 4.69) is 9.71 Å². The predicted octanol–water partition coefficient (Wildman–Crippen LogP) is 2.14. The Morgan fingerprint density at radius 3 is 2.65 bits per heavy atom. The van der Waals surface area contributed by atoms with Crippen molar-refractivity contribution >= 4 is 33.0 Å². The van der Waals surface area contributed by atoms with Crippen LogP contribution >= 0.6 is 22.9 Å². The van der Waals surface area contributed by atoms with Crippen LogP contribution in [0.15, 0.2) is 10.4 Å². The molecule has 1 fully saturated rings. The number of aryl methyl sites for hydroxylation is 1. The van der Waals surface area contributed by atoms with Crippen LogP contribution in [-0.4, -0.2) is 24.8 Å². The van der Waals surface area contributed by atoms with Crippen LogP contribution in [0.5, 0.6) is 0 Å². The molecule has 1 saturated carbocycles. The molecule has 1 aliphatic rings. The van der Waals surface area contributed by atoms with Gasteiger partial charge in [-0.05, 0) is 18.8 Å². The number of hydrogen-bond acceptors (Lipinski definition) is 4. The SMILES string of the molecule is Cc1ncc(S(=O)(=O)NC2CC(Cl)C2(C)C)s1. The number of aromatic nitrogens is 1. The summed E-state index contributed by atoms with van der Waals surface area (Å²) in [4.78, 5) is 3.96. The Hall–Kier alpha value is -0.170. The Labute approximate surface area is 110 Å². The van der Waals surface area contributed by atoms with Crippen LogP contribution in [0.2, 0.25) is 0 Å². The first-order chi connectivity index (χ1) is 7.73. The van der Waals surface area contributed by atoms with E-state index in [9.17, 15) is 8.42 Å². The number of nitrogens with one attached hydrogen (secondary N) is 1. The molecule has 96 valence electrons. The Morgan fingerprint density at radius 1 is 1.59 bits per heavy atom. The second-order valence-corrected chi connectivity index (χ2v) is 8.60. The zero-order chi connectivity index (χ0) is 12.8. The fraction of sp³-hybridized carbons (Fsp3) is 0.700. The molecule has 0 amide bonds. The van der Waals surface area contributed by atoms with E-state index in [1.165, 1.54) is 17.5 Å². The molecule has 0 bridgehead atoms. The molecule has 2 atom stereocenters. The van der Waals surface area contributed by atoms with Crippen LogP contribution in [0.3, 0.4) is 0 Å². The van der Waals surface area contributed by atoms with Gasteiger partial charge < -0.3 is 0 Å². The van der Waals surface area contributed by atoms with E-state index in [0.717, 1.165) is 5.01 Å². The second-order valence-electron chi connectivity index (χ2n) is 4.90. The third-order valence-electron chi connectivity index (χ3n) is 3.31. The minimum atomic E-state index is -3.45. The number of hydrogen-bond donors (Lipinski definition) is 1. The smallest absolute Gasteiger partial charge is 0.249 e. The molecular formula is C10H15ClN2O2S2. The summed E-state index contributed by atoms with van der Waals surface area (Å²) in [5.74, 6) is 0. The zero-order valence-corrected chi connectivity index (χ0v) is 12.3. The first-order valence-corrected chi connectivity index (χ1v) is 8.06. The number of sulfonamides is 1. The summed E-state index contributed by atoms with van der Waals surface area (Å²) in [5, 5.41) is 0.770. The van der Waals surface area contributed by atoms with Crippen molar-refractivity contribution in [3.8, 4) is 0 Å². The van der Waals surface area contributed by atoms with E-state index in [1.54, 1.807) is 6.92 Å². The summed E-state index contributed by atoms with van der Waals surface area (Å²) in [7, 11) is -3.45. The molecule has 17 heavy (non-hydrogen) atoms. The standard InChI is InChI=1S/C10H15ClN2O2S2/c1-6-12-5-9(16-6)17(14,15)13-8-4-7(11)10(8,2)3/h5,7-8,13H,4H2,1-3H3. The zero-order valence-electron chi connectivity index (χ0n) is 9.90. The van der Waals surface area contributed by atoms with Crippen molar-refractivity contribution in [1.82, 2.24) is 9.71 Å². The fourth-order valence-corrected chi connectivity index (χ4v) is 4.64. The summed E-state index contributed by atoms with van der Waals surface area (Å²) in [6.07, 6.45) is 2.07. The van der Waals surface area contributed by atoms with Crippen LogP contribution < -0.4 is 4.72 Å². The third-order valence-corrected chi connectivity index (χ3v) is 6.90. The topological polar surface area (TPSA) is 59.1 Å². The van der Waals surface area contributed by atoms with Gasteiger partial charge in [0.15, 0.2) is 4.21 Å². The molecule has 7 heteroatoms. The van der Waals surface area contributed by atoms with E-state index in [0.29, 0.717) is 6.42 Å². The minimum absolute atomic E-state index is 0.0263. The van der Waals surface area contributed by atoms with Gasteiger partial charge in [0.05, 0.1) is 11.2 Å². The van der Waals surface area contributed by atoms with Gasteiger partial charge in [-0.2, -0.15) is 0 Å². The molecule has 2 rings (SSSR count). The maximum Gasteiger partial charge on any atom is 0.251 e. The Morgan fingerprint density at radius 2 is 2.24 bits per heavy atom. The largest absolute Gasteiger partial charge is 0.251 e. The van der Waals surface area contributed by atoms with E-state index in [-0.39, 0.29) is 21.0 Å². The molecule has 1 aliphatic carbocycles. The van der Waals surface area contributed by atoms with Crippen molar-refractivity contribution in [2.24, 2.45) is 5.41 Å². The van der Waals surface area contributed by atoms with Gasteiger partial charge in [0.25, 0.3) is 10.0 Å². The van der Waals surface area contributed by atoms with Gasteiger partial charge in [0, 0.05) is 11.4 Å². The molecule has 0 spiro atoms. The van der Waals surface area contributed by atoms with E-state index < -0.39 is 10.0 Å². The normalized spacial score (nSPS) is 27.8. The average molecular weight is 295 g/mol. The summed E-state index contributed by atoms with van der Waals surface area (Å²) in [6.45, 7) is 5.73. The van der Waals surface area contributed by atoms with E-state index in [1.807, 2.05) is 13.8 Å². The number of thiazole rings is 1. The number of alkyl halides is 1. The molecule has 1 aromatic rings. The molecule has 2 unspecified atom stereocenters. The summed E-state index contributed by atoms with van der Waals surface area (Å²) in [5.41, 5.74) is -0.200. The second kappa shape index (κ2) is 4.19. The lowest BCUT2D eigenvalue weighted by atomic mass is 9.67. The first kappa shape index (κ1) is 13.3. The molecule has 0 aromatic carbocycles. The van der Waals surface area contributed by atoms with Crippen molar-refractivity contribution < 1.29 is 8.42 Å². The summed E-state index contributed by atoms with van der Waals surface area (Å²) in [6, 6.07) is -0.0996. The van der Waals surface area contributed by atoms with Gasteiger partial charge in [0.2, 0.25) is 0 Å². The van der Waals surface area contributed by atoms with Crippen molar-refractivity contribution in [3.63, 3.8) is 0 Å². The first-order valence-electron chi connectivity index (χ1n) is 5.32. The lowest BCUT2D eigenvalue weighted by molar-refractivity contribution is 0.137. The quantitative estimate of drug-likeness (QED) is 0.869. The van der Waals surface area contributed by atoms with Crippen molar-refractivity contribution in [2.75, 3.05) is 0 Å². The van der Waals surface area contributed by atoms with Crippen molar-refractivity contribution in [1.29, 1.82) is 0 Å². The maximum atomic E-state index is 12.1. The van der Waals surface area contributed by atoms with Crippen molar-refractivity contribution in [2.45, 2.75) is 42.8 Å². The molecule has 1 N–H and O–H groups in total. The highest BCUT2D eigenvalue weighted by Gasteiger charge is 2.48. The van der Waals surface area contributed by atoms with Crippen LogP contribution in [0, 0.1) is 12.3 Å². The number of rotatable bonds is 3. The minimum Gasteiger partial charge on any atom is -0.249 e. The number of halogens is 1. The lowest BCUT2D eigenvalue weighted by Gasteiger charge is -2.48. The third kappa shape index (κ3) is 2.36. The predicted molar refractivity (Wildman–Crippen MR) is 69.0 cm³/mol. The van der Waals surface area contributed by atoms with Crippen LogP contribution in [0.4, 0.5) is 0 Å². The van der Waals surface area contributed by atoms with Gasteiger partial charge in [-0.15, -0.1) is 22.9 Å². The molecule has 1 heterocycles. The van der Waals surface area contributed by atoms with Crippen LogP contribution in [0.25, 0.3) is 0 Å². The Balaban J connectivity index is 2.15. The molecule has 0 radical (unpaired) electrons. The summed E-state index contributed by atoms with van der Waals surface area (Å²) < 4.78 is 27.1. The average Bonchev–Trinajstić information content (AvgIpc) is 2.65. The molecule has 0 saturated heterocycles. The van der Waals surface area contributed by atoms with Gasteiger partial charge >= 0.3 is 0 Å². The van der Waals surface area contributed by atoms with Gasteiger partial charge in [0.1, 0.15) is 0 Å². The highest BCUT2D eigenvalue weighted by molar-refractivity contribution is 7.91. The lowest BCUT2D eigenvalue weighted by Crippen LogP contribution is -2.59. The van der Waals surface area contributed by atoms with Crippen molar-refractivity contribution in [3.05, 3.63) is 11.2 Å². The molecule has 1 aromatic heterocycles. The Kier molecular flexibility index (Phi) is 3.27. The highest BCUT2D eigenvalue weighted by Crippen LogP contribution is 2.44. The highest BCUT2D eigenvalue weighted by atomic mass is 35.5. The van der Waals surface area contributed by atoms with Crippen LogP contribution in [-0.2, 0) is 10.0 Å². The van der Waals surface area contributed by atoms with Gasteiger partial charge in [-0.3, -0.25) is 0 Å². The van der Waals surface area contributed by atoms with E-state index >= 15 is 0 Å². The molecule has 0 aliphatic heterocycles. The van der Waals surface area contributed by atoms with Crippen LogP contribution in [0.1, 0.15) is 25.3 Å². The van der Waals surface area contributed by atoms with Gasteiger partial charge in [-0.25, -0.2) is 18.1 Å². The van der Waals surface area contributed by atoms with E-state index in [4.69, 9.17) is 11.6 Å². The monoisotopic (exact) mass is 294 g/mol. The number of nitrogens with zero attached hydrogens (tertiary/aromatic N) is 1.